The normalized spacial score (nSPS) is 14.3. The molecule has 1 aliphatic heterocycles. The lowest BCUT2D eigenvalue weighted by Gasteiger charge is -2.07. The fraction of sp³-hybridized carbons (Fsp3) is 0.182. The maximum atomic E-state index is 11.5. The Hall–Kier alpha value is -1.97. The first-order chi connectivity index (χ1) is 7.36. The van der Waals surface area contributed by atoms with Gasteiger partial charge in [-0.25, -0.2) is 4.79 Å². The zero-order valence-corrected chi connectivity index (χ0v) is 8.01. The van der Waals surface area contributed by atoms with Crippen molar-refractivity contribution in [1.82, 2.24) is 0 Å². The first-order valence-electron chi connectivity index (χ1n) is 4.54. The highest BCUT2D eigenvalue weighted by atomic mass is 16.5. The van der Waals surface area contributed by atoms with Crippen molar-refractivity contribution in [3.05, 3.63) is 48.1 Å². The molecule has 1 aromatic heterocycles. The summed E-state index contributed by atoms with van der Waals surface area (Å²) in [6.07, 6.45) is 6.26. The van der Waals surface area contributed by atoms with Crippen molar-refractivity contribution < 1.29 is 18.7 Å². The van der Waals surface area contributed by atoms with E-state index in [0.717, 1.165) is 0 Å². The van der Waals surface area contributed by atoms with Gasteiger partial charge in [-0.05, 0) is 24.3 Å². The third kappa shape index (κ3) is 2.49. The van der Waals surface area contributed by atoms with Crippen LogP contribution >= 0.6 is 0 Å². The van der Waals surface area contributed by atoms with Crippen molar-refractivity contribution in [3.8, 4) is 0 Å². The molecule has 15 heavy (non-hydrogen) atoms. The third-order valence-electron chi connectivity index (χ3n) is 1.90. The molecule has 4 nitrogen and oxygen atoms in total. The lowest BCUT2D eigenvalue weighted by molar-refractivity contribution is -0.140. The molecule has 0 spiro atoms. The first kappa shape index (κ1) is 9.58. The summed E-state index contributed by atoms with van der Waals surface area (Å²) in [4.78, 5) is 11.5. The Morgan fingerprint density at radius 2 is 2.47 bits per heavy atom. The average Bonchev–Trinajstić information content (AvgIpc) is 2.80. The number of carbonyl (C=O) groups excluding carboxylic acids is 1. The van der Waals surface area contributed by atoms with Crippen LogP contribution in [0.1, 0.15) is 5.76 Å². The molecular formula is C11H10O4. The number of carbonyl (C=O) groups is 1. The summed E-state index contributed by atoms with van der Waals surface area (Å²) in [7, 11) is 0. The quantitative estimate of drug-likeness (QED) is 0.707. The van der Waals surface area contributed by atoms with Crippen LogP contribution in [0.15, 0.2) is 46.8 Å². The van der Waals surface area contributed by atoms with E-state index in [4.69, 9.17) is 13.9 Å². The Bertz CT molecular complexity index is 387. The van der Waals surface area contributed by atoms with Crippen LogP contribution in [-0.2, 0) is 20.9 Å². The van der Waals surface area contributed by atoms with Gasteiger partial charge in [-0.3, -0.25) is 0 Å². The largest absolute Gasteiger partial charge is 0.497 e. The maximum absolute atomic E-state index is 11.5. The first-order valence-corrected chi connectivity index (χ1v) is 4.54. The highest BCUT2D eigenvalue weighted by Crippen LogP contribution is 2.08. The second-order valence-corrected chi connectivity index (χ2v) is 2.95. The molecule has 2 heterocycles. The Balaban J connectivity index is 1.87. The molecule has 0 saturated heterocycles. The number of hydrogen-bond acceptors (Lipinski definition) is 4. The maximum Gasteiger partial charge on any atom is 0.338 e. The van der Waals surface area contributed by atoms with Crippen molar-refractivity contribution >= 4 is 5.97 Å². The zero-order chi connectivity index (χ0) is 10.5. The van der Waals surface area contributed by atoms with Crippen molar-refractivity contribution in [3.63, 3.8) is 0 Å². The van der Waals surface area contributed by atoms with E-state index in [9.17, 15) is 4.79 Å². The Labute approximate surface area is 86.8 Å². The summed E-state index contributed by atoms with van der Waals surface area (Å²) >= 11 is 0. The lowest BCUT2D eigenvalue weighted by Crippen LogP contribution is -2.08. The Morgan fingerprint density at radius 1 is 1.53 bits per heavy atom. The van der Waals surface area contributed by atoms with E-state index in [1.165, 1.54) is 12.5 Å². The van der Waals surface area contributed by atoms with Crippen LogP contribution in [0.3, 0.4) is 0 Å². The van der Waals surface area contributed by atoms with E-state index >= 15 is 0 Å². The minimum atomic E-state index is -0.369. The summed E-state index contributed by atoms with van der Waals surface area (Å²) in [5.74, 6) is 0.255. The number of furan rings is 1. The van der Waals surface area contributed by atoms with Crippen LogP contribution in [-0.4, -0.2) is 12.6 Å². The van der Waals surface area contributed by atoms with Crippen LogP contribution in [0.4, 0.5) is 0 Å². The minimum Gasteiger partial charge on any atom is -0.497 e. The number of hydrogen-bond donors (Lipinski definition) is 0. The molecule has 0 amide bonds. The second kappa shape index (κ2) is 4.50. The molecular weight excluding hydrogens is 196 g/mol. The predicted molar refractivity (Wildman–Crippen MR) is 51.7 cm³/mol. The van der Waals surface area contributed by atoms with E-state index in [0.29, 0.717) is 17.9 Å². The third-order valence-corrected chi connectivity index (χ3v) is 1.90. The topological polar surface area (TPSA) is 48.7 Å². The monoisotopic (exact) mass is 206 g/mol. The van der Waals surface area contributed by atoms with Gasteiger partial charge < -0.3 is 13.9 Å². The van der Waals surface area contributed by atoms with Crippen LogP contribution < -0.4 is 0 Å². The van der Waals surface area contributed by atoms with Crippen molar-refractivity contribution in [2.75, 3.05) is 6.61 Å². The molecule has 1 aromatic rings. The van der Waals surface area contributed by atoms with Gasteiger partial charge in [0.2, 0.25) is 0 Å². The molecule has 0 radical (unpaired) electrons. The van der Waals surface area contributed by atoms with Crippen molar-refractivity contribution in [2.45, 2.75) is 6.61 Å². The predicted octanol–water partition coefficient (Wildman–Crippen LogP) is 1.79. The molecule has 0 atom stereocenters. The highest BCUT2D eigenvalue weighted by molar-refractivity contribution is 5.91. The molecule has 0 fully saturated rings. The molecule has 0 unspecified atom stereocenters. The average molecular weight is 206 g/mol. The fourth-order valence-corrected chi connectivity index (χ4v) is 1.15. The Kier molecular flexibility index (Phi) is 2.88. The molecule has 1 aliphatic rings. The van der Waals surface area contributed by atoms with Crippen molar-refractivity contribution in [1.29, 1.82) is 0 Å². The van der Waals surface area contributed by atoms with Crippen LogP contribution in [0.25, 0.3) is 0 Å². The molecule has 78 valence electrons. The molecule has 0 aliphatic carbocycles. The second-order valence-electron chi connectivity index (χ2n) is 2.95. The molecule has 0 saturated carbocycles. The number of esters is 1. The summed E-state index contributed by atoms with van der Waals surface area (Å²) < 4.78 is 15.0. The van der Waals surface area contributed by atoms with E-state index in [1.54, 1.807) is 24.3 Å². The van der Waals surface area contributed by atoms with E-state index in [-0.39, 0.29) is 12.6 Å². The Morgan fingerprint density at radius 3 is 3.13 bits per heavy atom. The fourth-order valence-electron chi connectivity index (χ4n) is 1.15. The standard InChI is InChI=1S/C11H10O4/c12-11(9-3-6-13-7-4-9)15-8-10-2-1-5-14-10/h1-6H,7-8H2. The van der Waals surface area contributed by atoms with Crippen LogP contribution in [0.2, 0.25) is 0 Å². The van der Waals surface area contributed by atoms with Gasteiger partial charge >= 0.3 is 5.97 Å². The van der Waals surface area contributed by atoms with E-state index in [2.05, 4.69) is 0 Å². The van der Waals surface area contributed by atoms with Gasteiger partial charge in [0.25, 0.3) is 0 Å². The van der Waals surface area contributed by atoms with Crippen LogP contribution in [0.5, 0.6) is 0 Å². The number of ether oxygens (including phenoxy) is 2. The van der Waals surface area contributed by atoms with E-state index in [1.807, 2.05) is 0 Å². The van der Waals surface area contributed by atoms with Gasteiger partial charge in [-0.15, -0.1) is 0 Å². The van der Waals surface area contributed by atoms with Gasteiger partial charge in [-0.1, -0.05) is 0 Å². The summed E-state index contributed by atoms with van der Waals surface area (Å²) in [6, 6.07) is 3.50. The van der Waals surface area contributed by atoms with Crippen molar-refractivity contribution in [2.24, 2.45) is 0 Å². The van der Waals surface area contributed by atoms with Gasteiger partial charge in [0.1, 0.15) is 19.0 Å². The highest BCUT2D eigenvalue weighted by Gasteiger charge is 2.10. The number of rotatable bonds is 3. The van der Waals surface area contributed by atoms with Gasteiger partial charge in [0.05, 0.1) is 18.1 Å². The van der Waals surface area contributed by atoms with Gasteiger partial charge in [0, 0.05) is 0 Å². The van der Waals surface area contributed by atoms with Gasteiger partial charge in [0.15, 0.2) is 0 Å². The van der Waals surface area contributed by atoms with E-state index < -0.39 is 0 Å². The SMILES string of the molecule is O=C(OCc1ccco1)C1=CCOC=C1. The van der Waals surface area contributed by atoms with Crippen LogP contribution in [0, 0.1) is 0 Å². The summed E-state index contributed by atoms with van der Waals surface area (Å²) in [5, 5.41) is 0. The molecule has 4 heteroatoms. The van der Waals surface area contributed by atoms with Gasteiger partial charge in [-0.2, -0.15) is 0 Å². The molecule has 0 aromatic carbocycles. The smallest absolute Gasteiger partial charge is 0.338 e. The lowest BCUT2D eigenvalue weighted by atomic mass is 10.2. The minimum absolute atomic E-state index is 0.151. The summed E-state index contributed by atoms with van der Waals surface area (Å²) in [5.41, 5.74) is 0.507. The summed E-state index contributed by atoms with van der Waals surface area (Å²) in [6.45, 7) is 0.555. The zero-order valence-electron chi connectivity index (χ0n) is 8.01. The molecule has 0 N–H and O–H groups in total. The molecule has 2 rings (SSSR count). The molecule has 0 bridgehead atoms.